The summed E-state index contributed by atoms with van der Waals surface area (Å²) in [4.78, 5) is 0. The fourth-order valence-electron chi connectivity index (χ4n) is 0. The van der Waals surface area contributed by atoms with E-state index in [1.54, 1.807) is 0 Å². The average Bonchev–Trinajstić information content (AvgIpc) is 1.25. The lowest BCUT2D eigenvalue weighted by Gasteiger charge is -2.16. The van der Waals surface area contributed by atoms with Crippen molar-refractivity contribution >= 4 is 23.2 Å². The molecule has 0 heterocycles. The molecule has 0 aromatic carbocycles. The molecule has 0 spiro atoms. The van der Waals surface area contributed by atoms with E-state index >= 15 is 0 Å². The summed E-state index contributed by atoms with van der Waals surface area (Å²) in [5.74, 6) is 0. The number of hydrogen-bond donors (Lipinski definition) is 0. The number of halogens is 5. The highest BCUT2D eigenvalue weighted by Gasteiger charge is 2.48. The lowest BCUT2D eigenvalue weighted by Crippen LogP contribution is -2.30. The summed E-state index contributed by atoms with van der Waals surface area (Å²) in [5.41, 5.74) is 0. The van der Waals surface area contributed by atoms with Gasteiger partial charge >= 0.3 is 6.18 Å². The summed E-state index contributed by atoms with van der Waals surface area (Å²) in [6.07, 6.45) is -4.64. The molecule has 0 aliphatic heterocycles. The molecule has 0 amide bonds. The zero-order valence-electron chi connectivity index (χ0n) is 3.60. The minimum absolute atomic E-state index is 2.45. The molecular formula is C3H2Cl2F3. The van der Waals surface area contributed by atoms with Crippen LogP contribution >= 0.6 is 23.2 Å². The van der Waals surface area contributed by atoms with Crippen molar-refractivity contribution < 1.29 is 13.2 Å². The van der Waals surface area contributed by atoms with Gasteiger partial charge in [-0.1, -0.05) is 23.2 Å². The van der Waals surface area contributed by atoms with E-state index in [9.17, 15) is 13.2 Å². The molecule has 0 aromatic rings. The van der Waals surface area contributed by atoms with Gasteiger partial charge in [0.15, 0.2) is 0 Å². The van der Waals surface area contributed by atoms with E-state index < -0.39 is 10.5 Å². The average molecular weight is 166 g/mol. The summed E-state index contributed by atoms with van der Waals surface area (Å²) < 4.78 is 30.8. The summed E-state index contributed by atoms with van der Waals surface area (Å²) in [5, 5.41) is 0. The predicted molar refractivity (Wildman–Crippen MR) is 25.8 cm³/mol. The molecule has 0 aliphatic rings. The van der Waals surface area contributed by atoms with Gasteiger partial charge in [-0.3, -0.25) is 0 Å². The van der Waals surface area contributed by atoms with Crippen LogP contribution in [0.1, 0.15) is 0 Å². The van der Waals surface area contributed by atoms with E-state index in [1.807, 2.05) is 0 Å². The number of rotatable bonds is 0. The molecule has 0 nitrogen and oxygen atoms in total. The highest BCUT2D eigenvalue weighted by atomic mass is 35.5. The molecule has 0 aliphatic carbocycles. The molecule has 8 heavy (non-hydrogen) atoms. The van der Waals surface area contributed by atoms with Crippen molar-refractivity contribution in [2.75, 3.05) is 0 Å². The third-order valence-corrected chi connectivity index (χ3v) is 0.843. The fourth-order valence-corrected chi connectivity index (χ4v) is 0. The topological polar surface area (TPSA) is 0 Å². The van der Waals surface area contributed by atoms with E-state index in [1.165, 1.54) is 0 Å². The van der Waals surface area contributed by atoms with Gasteiger partial charge in [0.05, 0.1) is 0 Å². The van der Waals surface area contributed by atoms with Gasteiger partial charge in [-0.15, -0.1) is 0 Å². The number of alkyl halides is 5. The van der Waals surface area contributed by atoms with Crippen LogP contribution < -0.4 is 0 Å². The first-order valence-electron chi connectivity index (χ1n) is 1.55. The van der Waals surface area contributed by atoms with Crippen LogP contribution in [0.3, 0.4) is 0 Å². The first kappa shape index (κ1) is 8.37. The van der Waals surface area contributed by atoms with Crippen LogP contribution in [-0.4, -0.2) is 10.5 Å². The van der Waals surface area contributed by atoms with Gasteiger partial charge in [-0.25, -0.2) is 0 Å². The second-order valence-corrected chi connectivity index (χ2v) is 2.69. The van der Waals surface area contributed by atoms with Crippen LogP contribution in [0.15, 0.2) is 0 Å². The van der Waals surface area contributed by atoms with Crippen molar-refractivity contribution in [3.05, 3.63) is 6.92 Å². The standard InChI is InChI=1S/C3H2Cl2F3/c1-2(4,5)3(6,7)8/h1H2. The van der Waals surface area contributed by atoms with E-state index in [0.29, 0.717) is 0 Å². The Morgan fingerprint density at radius 1 is 1.12 bits per heavy atom. The van der Waals surface area contributed by atoms with Gasteiger partial charge < -0.3 is 0 Å². The maximum absolute atomic E-state index is 11.2. The van der Waals surface area contributed by atoms with Crippen molar-refractivity contribution in [3.8, 4) is 0 Å². The molecule has 0 saturated heterocycles. The van der Waals surface area contributed by atoms with E-state index in [0.717, 1.165) is 0 Å². The first-order chi connectivity index (χ1) is 3.25. The molecule has 0 fully saturated rings. The quantitative estimate of drug-likeness (QED) is 0.485. The molecule has 0 atom stereocenters. The van der Waals surface area contributed by atoms with Crippen molar-refractivity contribution in [1.29, 1.82) is 0 Å². The van der Waals surface area contributed by atoms with E-state index in [-0.39, 0.29) is 0 Å². The van der Waals surface area contributed by atoms with E-state index in [4.69, 9.17) is 0 Å². The van der Waals surface area contributed by atoms with Crippen LogP contribution in [0.25, 0.3) is 0 Å². The van der Waals surface area contributed by atoms with Crippen molar-refractivity contribution in [3.63, 3.8) is 0 Å². The summed E-state index contributed by atoms with van der Waals surface area (Å²) in [6.45, 7) is 2.45. The zero-order chi connectivity index (χ0) is 7.00. The molecular weight excluding hydrogens is 164 g/mol. The van der Waals surface area contributed by atoms with Crippen molar-refractivity contribution in [2.24, 2.45) is 0 Å². The lowest BCUT2D eigenvalue weighted by molar-refractivity contribution is -0.132. The Balaban J connectivity index is 4.02. The van der Waals surface area contributed by atoms with Gasteiger partial charge in [-0.2, -0.15) is 13.2 Å². The molecule has 1 radical (unpaired) electrons. The third kappa shape index (κ3) is 2.09. The lowest BCUT2D eigenvalue weighted by atomic mass is 10.5. The molecule has 0 bridgehead atoms. The van der Waals surface area contributed by atoms with Crippen molar-refractivity contribution in [1.82, 2.24) is 0 Å². The molecule has 5 heteroatoms. The zero-order valence-corrected chi connectivity index (χ0v) is 5.11. The van der Waals surface area contributed by atoms with E-state index in [2.05, 4.69) is 30.1 Å². The maximum Gasteiger partial charge on any atom is 0.421 e. The fraction of sp³-hybridized carbons (Fsp3) is 0.667. The Morgan fingerprint density at radius 3 is 1.25 bits per heavy atom. The summed E-state index contributed by atoms with van der Waals surface area (Å²) in [6, 6.07) is 0. The maximum atomic E-state index is 11.2. The smallest absolute Gasteiger partial charge is 0.168 e. The highest BCUT2D eigenvalue weighted by molar-refractivity contribution is 6.49. The molecule has 0 saturated carbocycles. The molecule has 0 N–H and O–H groups in total. The summed E-state index contributed by atoms with van der Waals surface area (Å²) in [7, 11) is 0. The normalized spacial score (nSPS) is 14.2. The molecule has 0 rings (SSSR count). The summed E-state index contributed by atoms with van der Waals surface area (Å²) >= 11 is 9.08. The van der Waals surface area contributed by atoms with Crippen LogP contribution in [-0.2, 0) is 0 Å². The van der Waals surface area contributed by atoms with Gasteiger partial charge in [-0.05, 0) is 6.92 Å². The Labute approximate surface area is 54.6 Å². The third-order valence-electron chi connectivity index (χ3n) is 0.415. The molecule has 49 valence electrons. The minimum Gasteiger partial charge on any atom is -0.168 e. The highest BCUT2D eigenvalue weighted by Crippen LogP contribution is 2.38. The van der Waals surface area contributed by atoms with Gasteiger partial charge in [0.1, 0.15) is 0 Å². The van der Waals surface area contributed by atoms with Crippen LogP contribution in [0.2, 0.25) is 0 Å². The molecule has 0 aromatic heterocycles. The molecule has 0 unspecified atom stereocenters. The van der Waals surface area contributed by atoms with Crippen molar-refractivity contribution in [2.45, 2.75) is 10.5 Å². The minimum atomic E-state index is -4.64. The Kier molecular flexibility index (Phi) is 2.04. The predicted octanol–water partition coefficient (Wildman–Crippen LogP) is 2.56. The second-order valence-electron chi connectivity index (χ2n) is 1.20. The SMILES string of the molecule is [CH2]C(Cl)(Cl)C(F)(F)F. The monoisotopic (exact) mass is 165 g/mol. The van der Waals surface area contributed by atoms with Crippen LogP contribution in [0.5, 0.6) is 0 Å². The second kappa shape index (κ2) is 1.95. The largest absolute Gasteiger partial charge is 0.421 e. The Morgan fingerprint density at radius 2 is 1.25 bits per heavy atom. The van der Waals surface area contributed by atoms with Gasteiger partial charge in [0.25, 0.3) is 0 Å². The van der Waals surface area contributed by atoms with Gasteiger partial charge in [0, 0.05) is 0 Å². The van der Waals surface area contributed by atoms with Crippen LogP contribution in [0, 0.1) is 6.92 Å². The Bertz CT molecular complexity index is 67.5. The first-order valence-corrected chi connectivity index (χ1v) is 2.30. The van der Waals surface area contributed by atoms with Crippen LogP contribution in [0.4, 0.5) is 13.2 Å². The Hall–Kier alpha value is 0.370. The number of hydrogen-bond acceptors (Lipinski definition) is 0. The van der Waals surface area contributed by atoms with Gasteiger partial charge in [0.2, 0.25) is 4.33 Å².